The quantitative estimate of drug-likeness (QED) is 0.546. The van der Waals surface area contributed by atoms with Gasteiger partial charge in [-0.05, 0) is 55.5 Å². The molecule has 0 spiro atoms. The van der Waals surface area contributed by atoms with Crippen molar-refractivity contribution in [3.05, 3.63) is 34.1 Å². The second kappa shape index (κ2) is 14.2. The topological polar surface area (TPSA) is 0 Å². The van der Waals surface area contributed by atoms with E-state index < -0.39 is 0 Å². The second-order valence-corrected chi connectivity index (χ2v) is 3.25. The zero-order chi connectivity index (χ0) is 15.3. The second-order valence-electron chi connectivity index (χ2n) is 3.25. The molecule has 1 aromatic carbocycles. The molecule has 0 N–H and O–H groups in total. The Hall–Kier alpha value is -0.850. The lowest BCUT2D eigenvalue weighted by Gasteiger charge is -2.10. The maximum absolute atomic E-state index is 13.2. The first-order valence-corrected chi connectivity index (χ1v) is 7.33. The van der Waals surface area contributed by atoms with Crippen LogP contribution in [0.15, 0.2) is 6.07 Å². The molecule has 0 aliphatic rings. The van der Waals surface area contributed by atoms with Crippen molar-refractivity contribution in [3.8, 4) is 0 Å². The van der Waals surface area contributed by atoms with Gasteiger partial charge in [-0.2, -0.15) is 0 Å². The van der Waals surface area contributed by atoms with Crippen molar-refractivity contribution < 1.29 is 4.39 Å². The molecule has 0 amide bonds. The van der Waals surface area contributed by atoms with E-state index in [0.29, 0.717) is 0 Å². The van der Waals surface area contributed by atoms with Gasteiger partial charge < -0.3 is 0 Å². The highest BCUT2D eigenvalue weighted by atomic mass is 19.1. The summed E-state index contributed by atoms with van der Waals surface area (Å²) in [6.45, 7) is 19.9. The summed E-state index contributed by atoms with van der Waals surface area (Å²) in [4.78, 5) is 0. The van der Waals surface area contributed by atoms with E-state index in [1.165, 1.54) is 5.56 Å². The molecular weight excluding hydrogens is 223 g/mol. The average molecular weight is 256 g/mol. The summed E-state index contributed by atoms with van der Waals surface area (Å²) >= 11 is 0. The van der Waals surface area contributed by atoms with Crippen LogP contribution in [0.25, 0.3) is 0 Å². The van der Waals surface area contributed by atoms with E-state index in [2.05, 4.69) is 13.8 Å². The normalized spacial score (nSPS) is 7.94. The van der Waals surface area contributed by atoms with Gasteiger partial charge in [-0.15, -0.1) is 0 Å². The minimum Gasteiger partial charge on any atom is -0.207 e. The Bertz CT molecular complexity index is 301. The lowest BCUT2D eigenvalue weighted by molar-refractivity contribution is 0.613. The predicted octanol–water partition coefficient (Wildman–Crippen LogP) is 6.39. The molecule has 0 atom stereocenters. The Morgan fingerprint density at radius 2 is 1.17 bits per heavy atom. The number of benzene rings is 1. The van der Waals surface area contributed by atoms with Gasteiger partial charge in [0.25, 0.3) is 0 Å². The first kappa shape index (κ1) is 22.3. The van der Waals surface area contributed by atoms with Gasteiger partial charge in [0.05, 0.1) is 0 Å². The third kappa shape index (κ3) is 6.78. The van der Waals surface area contributed by atoms with E-state index in [-0.39, 0.29) is 5.82 Å². The molecule has 0 nitrogen and oxygen atoms in total. The van der Waals surface area contributed by atoms with Crippen LogP contribution < -0.4 is 0 Å². The minimum atomic E-state index is -0.0741. The maximum atomic E-state index is 13.2. The molecule has 0 saturated heterocycles. The Morgan fingerprint density at radius 3 is 1.50 bits per heavy atom. The van der Waals surface area contributed by atoms with E-state index >= 15 is 0 Å². The number of rotatable bonds is 1. The van der Waals surface area contributed by atoms with Crippen LogP contribution in [0.1, 0.15) is 70.7 Å². The molecule has 1 heteroatoms. The van der Waals surface area contributed by atoms with E-state index in [9.17, 15) is 4.39 Å². The highest BCUT2D eigenvalue weighted by Crippen LogP contribution is 2.20. The van der Waals surface area contributed by atoms with Crippen LogP contribution in [-0.2, 0) is 6.42 Å². The van der Waals surface area contributed by atoms with E-state index in [4.69, 9.17) is 0 Å². The fourth-order valence-electron chi connectivity index (χ4n) is 1.44. The molecule has 0 unspecified atom stereocenters. The van der Waals surface area contributed by atoms with Crippen molar-refractivity contribution in [2.75, 3.05) is 0 Å². The van der Waals surface area contributed by atoms with Crippen molar-refractivity contribution in [2.45, 2.75) is 75.7 Å². The summed E-state index contributed by atoms with van der Waals surface area (Å²) < 4.78 is 13.2. The number of hydrogen-bond acceptors (Lipinski definition) is 0. The van der Waals surface area contributed by atoms with Gasteiger partial charge in [0.2, 0.25) is 0 Å². The summed E-state index contributed by atoms with van der Waals surface area (Å²) in [5.41, 5.74) is 4.23. The number of aryl methyl sites for hydroxylation is 1. The zero-order valence-electron chi connectivity index (χ0n) is 14.2. The van der Waals surface area contributed by atoms with Crippen LogP contribution in [0, 0.1) is 26.6 Å². The van der Waals surface area contributed by atoms with Crippen molar-refractivity contribution >= 4 is 0 Å². The molecule has 0 bridgehead atoms. The Balaban J connectivity index is -0.000000328. The van der Waals surface area contributed by atoms with Gasteiger partial charge in [0, 0.05) is 0 Å². The molecule has 1 rings (SSSR count). The Kier molecular flexibility index (Phi) is 17.6. The number of halogens is 1. The lowest BCUT2D eigenvalue weighted by Crippen LogP contribution is -1.96. The van der Waals surface area contributed by atoms with Gasteiger partial charge in [0.15, 0.2) is 0 Å². The van der Waals surface area contributed by atoms with Crippen LogP contribution in [0.4, 0.5) is 4.39 Å². The van der Waals surface area contributed by atoms with Gasteiger partial charge >= 0.3 is 0 Å². The SMILES string of the molecule is CC.CC.CC.CCc1cc(F)c(C)c(C)c1C. The van der Waals surface area contributed by atoms with E-state index in [0.717, 1.165) is 23.1 Å². The standard InChI is InChI=1S/C11H15F.3C2H6/c1-5-10-6-11(12)9(4)7(2)8(10)3;3*1-2/h6H,5H2,1-4H3;3*1-2H3. The van der Waals surface area contributed by atoms with Crippen molar-refractivity contribution in [1.29, 1.82) is 0 Å². The summed E-state index contributed by atoms with van der Waals surface area (Å²) in [5.74, 6) is -0.0741. The lowest BCUT2D eigenvalue weighted by atomic mass is 9.97. The molecule has 108 valence electrons. The van der Waals surface area contributed by atoms with Crippen molar-refractivity contribution in [2.24, 2.45) is 0 Å². The van der Waals surface area contributed by atoms with Gasteiger partial charge in [-0.25, -0.2) is 4.39 Å². The van der Waals surface area contributed by atoms with Crippen molar-refractivity contribution in [3.63, 3.8) is 0 Å². The van der Waals surface area contributed by atoms with Crippen molar-refractivity contribution in [1.82, 2.24) is 0 Å². The predicted molar refractivity (Wildman–Crippen MR) is 84.0 cm³/mol. The smallest absolute Gasteiger partial charge is 0.126 e. The first-order chi connectivity index (χ1) is 8.57. The molecule has 0 radical (unpaired) electrons. The van der Waals surface area contributed by atoms with Gasteiger partial charge in [-0.1, -0.05) is 48.5 Å². The molecule has 0 aliphatic carbocycles. The highest BCUT2D eigenvalue weighted by Gasteiger charge is 2.07. The molecule has 0 heterocycles. The molecule has 0 fully saturated rings. The van der Waals surface area contributed by atoms with E-state index in [1.807, 2.05) is 55.4 Å². The van der Waals surface area contributed by atoms with Crippen LogP contribution in [0.2, 0.25) is 0 Å². The molecule has 0 aliphatic heterocycles. The van der Waals surface area contributed by atoms with E-state index in [1.54, 1.807) is 6.07 Å². The highest BCUT2D eigenvalue weighted by molar-refractivity contribution is 5.39. The first-order valence-electron chi connectivity index (χ1n) is 7.33. The molecule has 18 heavy (non-hydrogen) atoms. The summed E-state index contributed by atoms with van der Waals surface area (Å²) in [7, 11) is 0. The largest absolute Gasteiger partial charge is 0.207 e. The van der Waals surface area contributed by atoms with Crippen LogP contribution in [0.3, 0.4) is 0 Å². The fraction of sp³-hybridized carbons (Fsp3) is 0.647. The monoisotopic (exact) mass is 256 g/mol. The third-order valence-corrected chi connectivity index (χ3v) is 2.65. The van der Waals surface area contributed by atoms with Crippen LogP contribution in [-0.4, -0.2) is 0 Å². The van der Waals surface area contributed by atoms with Crippen LogP contribution in [0.5, 0.6) is 0 Å². The number of hydrogen-bond donors (Lipinski definition) is 0. The molecule has 1 aromatic rings. The minimum absolute atomic E-state index is 0.0741. The third-order valence-electron chi connectivity index (χ3n) is 2.65. The molecule has 0 aromatic heterocycles. The Morgan fingerprint density at radius 1 is 0.778 bits per heavy atom. The average Bonchev–Trinajstić information content (AvgIpc) is 2.47. The fourth-order valence-corrected chi connectivity index (χ4v) is 1.44. The summed E-state index contributed by atoms with van der Waals surface area (Å²) in [6.07, 6.45) is 0.907. The van der Waals surface area contributed by atoms with Gasteiger partial charge in [-0.3, -0.25) is 0 Å². The van der Waals surface area contributed by atoms with Gasteiger partial charge in [0.1, 0.15) is 5.82 Å². The summed E-state index contributed by atoms with van der Waals surface area (Å²) in [5, 5.41) is 0. The molecular formula is C17H33F. The zero-order valence-corrected chi connectivity index (χ0v) is 14.2. The van der Waals surface area contributed by atoms with Crippen LogP contribution >= 0.6 is 0 Å². The summed E-state index contributed by atoms with van der Waals surface area (Å²) in [6, 6.07) is 1.65. The molecule has 0 saturated carbocycles. The Labute approximate surface area is 115 Å². The maximum Gasteiger partial charge on any atom is 0.126 e.